The fourth-order valence-corrected chi connectivity index (χ4v) is 3.74. The largest absolute Gasteiger partial charge is 0.431 e. The molecular formula is C21H23ClN2O2S. The average Bonchev–Trinajstić information content (AvgIpc) is 3.01. The van der Waals surface area contributed by atoms with Crippen LogP contribution in [0, 0.1) is 0 Å². The molecular weight excluding hydrogens is 380 g/mol. The third-order valence-corrected chi connectivity index (χ3v) is 5.36. The normalized spacial score (nSPS) is 11.5. The number of rotatable bonds is 6. The van der Waals surface area contributed by atoms with Crippen LogP contribution in [0.3, 0.4) is 0 Å². The van der Waals surface area contributed by atoms with Crippen molar-refractivity contribution in [3.8, 4) is 0 Å². The zero-order valence-electron chi connectivity index (χ0n) is 15.9. The number of carbonyl (C=O) groups excluding carboxylic acids is 1. The first kappa shape index (κ1) is 19.8. The van der Waals surface area contributed by atoms with E-state index >= 15 is 0 Å². The molecule has 1 amide bonds. The molecule has 6 heteroatoms. The number of para-hydroxylation sites is 1. The maximum absolute atomic E-state index is 12.6. The quantitative estimate of drug-likeness (QED) is 0.480. The Balaban J connectivity index is 1.73. The summed E-state index contributed by atoms with van der Waals surface area (Å²) in [6.07, 6.45) is 0. The lowest BCUT2D eigenvalue weighted by Crippen LogP contribution is -2.17. The summed E-state index contributed by atoms with van der Waals surface area (Å²) in [5, 5.41) is 4.17. The number of amides is 1. The number of fused-ring (bicyclic) bond motifs is 1. The van der Waals surface area contributed by atoms with Crippen LogP contribution in [0.4, 0.5) is 5.69 Å². The molecule has 0 saturated carbocycles. The Hall–Kier alpha value is -1.98. The molecule has 0 unspecified atom stereocenters. The van der Waals surface area contributed by atoms with Gasteiger partial charge in [-0.15, -0.1) is 0 Å². The smallest absolute Gasteiger partial charge is 0.257 e. The highest BCUT2D eigenvalue weighted by molar-refractivity contribution is 7.99. The third-order valence-electron chi connectivity index (χ3n) is 4.29. The van der Waals surface area contributed by atoms with Crippen molar-refractivity contribution in [3.05, 3.63) is 52.5 Å². The van der Waals surface area contributed by atoms with Crippen LogP contribution in [0.5, 0.6) is 0 Å². The number of anilines is 1. The highest BCUT2D eigenvalue weighted by Gasteiger charge is 2.17. The minimum absolute atomic E-state index is 0.0738. The predicted molar refractivity (Wildman–Crippen MR) is 113 cm³/mol. The van der Waals surface area contributed by atoms with E-state index in [1.165, 1.54) is 11.8 Å². The van der Waals surface area contributed by atoms with Crippen molar-refractivity contribution >= 4 is 46.1 Å². The summed E-state index contributed by atoms with van der Waals surface area (Å²) < 4.78 is 5.66. The number of benzene rings is 2. The Morgan fingerprint density at radius 2 is 1.81 bits per heavy atom. The van der Waals surface area contributed by atoms with Crippen molar-refractivity contribution in [1.82, 2.24) is 4.98 Å². The summed E-state index contributed by atoms with van der Waals surface area (Å²) >= 11 is 7.25. The van der Waals surface area contributed by atoms with Crippen LogP contribution < -0.4 is 5.32 Å². The van der Waals surface area contributed by atoms with Crippen molar-refractivity contribution < 1.29 is 9.21 Å². The summed E-state index contributed by atoms with van der Waals surface area (Å²) in [5.41, 5.74) is 4.58. The number of aromatic nitrogens is 1. The van der Waals surface area contributed by atoms with Crippen molar-refractivity contribution in [2.75, 3.05) is 11.1 Å². The molecule has 1 aromatic heterocycles. The second-order valence-electron chi connectivity index (χ2n) is 7.05. The standard InChI is InChI=1S/C21H23ClN2O2S/c1-12(2)15-6-5-7-16(13(3)4)20(15)24-19(25)11-27-21-23-17-10-14(22)8-9-18(17)26-21/h5-10,12-13H,11H2,1-4H3,(H,24,25). The van der Waals surface area contributed by atoms with Crippen molar-refractivity contribution in [3.63, 3.8) is 0 Å². The van der Waals surface area contributed by atoms with Gasteiger partial charge in [0.15, 0.2) is 5.58 Å². The molecule has 3 rings (SSSR count). The topological polar surface area (TPSA) is 55.1 Å². The van der Waals surface area contributed by atoms with Gasteiger partial charge in [0.2, 0.25) is 5.91 Å². The molecule has 0 aliphatic rings. The highest BCUT2D eigenvalue weighted by Crippen LogP contribution is 2.33. The van der Waals surface area contributed by atoms with Crippen LogP contribution in [0.1, 0.15) is 50.7 Å². The van der Waals surface area contributed by atoms with E-state index in [9.17, 15) is 4.79 Å². The van der Waals surface area contributed by atoms with Crippen LogP contribution in [-0.2, 0) is 4.79 Å². The van der Waals surface area contributed by atoms with E-state index in [1.807, 2.05) is 0 Å². The third kappa shape index (κ3) is 4.66. The minimum Gasteiger partial charge on any atom is -0.431 e. The number of hydrogen-bond donors (Lipinski definition) is 1. The summed E-state index contributed by atoms with van der Waals surface area (Å²) in [6.45, 7) is 8.53. The Labute approximate surface area is 168 Å². The molecule has 0 bridgehead atoms. The van der Waals surface area contributed by atoms with E-state index in [1.54, 1.807) is 18.2 Å². The zero-order valence-corrected chi connectivity index (χ0v) is 17.4. The highest BCUT2D eigenvalue weighted by atomic mass is 35.5. The number of oxazole rings is 1. The molecule has 0 fully saturated rings. The maximum Gasteiger partial charge on any atom is 0.257 e. The molecule has 2 aromatic carbocycles. The fraction of sp³-hybridized carbons (Fsp3) is 0.333. The van der Waals surface area contributed by atoms with Crippen LogP contribution in [0.15, 0.2) is 46.0 Å². The first-order valence-electron chi connectivity index (χ1n) is 8.96. The van der Waals surface area contributed by atoms with E-state index in [0.29, 0.717) is 33.2 Å². The van der Waals surface area contributed by atoms with Gasteiger partial charge in [0.1, 0.15) is 5.52 Å². The van der Waals surface area contributed by atoms with Gasteiger partial charge in [-0.05, 0) is 41.2 Å². The lowest BCUT2D eigenvalue weighted by molar-refractivity contribution is -0.113. The summed E-state index contributed by atoms with van der Waals surface area (Å²) in [4.78, 5) is 17.0. The van der Waals surface area contributed by atoms with E-state index in [4.69, 9.17) is 16.0 Å². The Kier molecular flexibility index (Phi) is 6.12. The Morgan fingerprint density at radius 3 is 2.44 bits per heavy atom. The van der Waals surface area contributed by atoms with Crippen LogP contribution in [-0.4, -0.2) is 16.6 Å². The number of hydrogen-bond acceptors (Lipinski definition) is 4. The van der Waals surface area contributed by atoms with Gasteiger partial charge in [-0.25, -0.2) is 4.98 Å². The summed E-state index contributed by atoms with van der Waals surface area (Å²) in [6, 6.07) is 11.5. The zero-order chi connectivity index (χ0) is 19.6. The molecule has 0 saturated heterocycles. The SMILES string of the molecule is CC(C)c1cccc(C(C)C)c1NC(=O)CSc1nc2cc(Cl)ccc2o1. The molecule has 142 valence electrons. The minimum atomic E-state index is -0.0738. The van der Waals surface area contributed by atoms with E-state index in [0.717, 1.165) is 16.8 Å². The first-order chi connectivity index (χ1) is 12.8. The molecule has 3 aromatic rings. The molecule has 0 aliphatic heterocycles. The van der Waals surface area contributed by atoms with E-state index < -0.39 is 0 Å². The van der Waals surface area contributed by atoms with Gasteiger partial charge in [0, 0.05) is 10.7 Å². The summed E-state index contributed by atoms with van der Waals surface area (Å²) in [7, 11) is 0. The average molecular weight is 403 g/mol. The molecule has 1 N–H and O–H groups in total. The monoisotopic (exact) mass is 402 g/mol. The van der Waals surface area contributed by atoms with Gasteiger partial charge >= 0.3 is 0 Å². The molecule has 27 heavy (non-hydrogen) atoms. The van der Waals surface area contributed by atoms with Gasteiger partial charge in [-0.3, -0.25) is 4.79 Å². The lowest BCUT2D eigenvalue weighted by Gasteiger charge is -2.20. The van der Waals surface area contributed by atoms with Gasteiger partial charge in [-0.2, -0.15) is 0 Å². The van der Waals surface area contributed by atoms with Crippen molar-refractivity contribution in [1.29, 1.82) is 0 Å². The number of nitrogens with one attached hydrogen (secondary N) is 1. The lowest BCUT2D eigenvalue weighted by atomic mass is 9.92. The molecule has 0 spiro atoms. The second-order valence-corrected chi connectivity index (χ2v) is 8.41. The Bertz CT molecular complexity index is 940. The van der Waals surface area contributed by atoms with Crippen LogP contribution in [0.25, 0.3) is 11.1 Å². The maximum atomic E-state index is 12.6. The van der Waals surface area contributed by atoms with Gasteiger partial charge in [0.05, 0.1) is 5.75 Å². The van der Waals surface area contributed by atoms with Crippen LogP contribution in [0.2, 0.25) is 5.02 Å². The van der Waals surface area contributed by atoms with E-state index in [2.05, 4.69) is 56.2 Å². The van der Waals surface area contributed by atoms with Crippen molar-refractivity contribution in [2.45, 2.75) is 44.8 Å². The molecule has 4 nitrogen and oxygen atoms in total. The fourth-order valence-electron chi connectivity index (χ4n) is 2.94. The number of carbonyl (C=O) groups is 1. The molecule has 0 aliphatic carbocycles. The molecule has 1 heterocycles. The first-order valence-corrected chi connectivity index (χ1v) is 10.3. The molecule has 0 radical (unpaired) electrons. The number of thioether (sulfide) groups is 1. The van der Waals surface area contributed by atoms with E-state index in [-0.39, 0.29) is 11.7 Å². The van der Waals surface area contributed by atoms with Crippen molar-refractivity contribution in [2.24, 2.45) is 0 Å². The molecule has 0 atom stereocenters. The number of nitrogens with zero attached hydrogens (tertiary/aromatic N) is 1. The summed E-state index contributed by atoms with van der Waals surface area (Å²) in [5.74, 6) is 0.807. The number of halogens is 1. The predicted octanol–water partition coefficient (Wildman–Crippen LogP) is 6.46. The van der Waals surface area contributed by atoms with Gasteiger partial charge < -0.3 is 9.73 Å². The van der Waals surface area contributed by atoms with Gasteiger partial charge in [-0.1, -0.05) is 69.3 Å². The Morgan fingerprint density at radius 1 is 1.15 bits per heavy atom. The van der Waals surface area contributed by atoms with Crippen LogP contribution >= 0.6 is 23.4 Å². The van der Waals surface area contributed by atoms with Gasteiger partial charge in [0.25, 0.3) is 5.22 Å². The second kappa shape index (κ2) is 8.36.